The number of hydrogen-bond acceptors (Lipinski definition) is 3. The second-order valence-electron chi connectivity index (χ2n) is 6.51. The minimum absolute atomic E-state index is 0.346. The summed E-state index contributed by atoms with van der Waals surface area (Å²) < 4.78 is 5.81. The van der Waals surface area contributed by atoms with Crippen molar-refractivity contribution in [2.45, 2.75) is 26.4 Å². The minimum Gasteiger partial charge on any atom is -0.478 e. The summed E-state index contributed by atoms with van der Waals surface area (Å²) in [6.45, 7) is 5.26. The summed E-state index contributed by atoms with van der Waals surface area (Å²) >= 11 is 6.02. The van der Waals surface area contributed by atoms with E-state index in [1.54, 1.807) is 38.3 Å². The predicted octanol–water partition coefficient (Wildman–Crippen LogP) is 4.44. The number of rotatable bonds is 5. The number of H-pyrrole nitrogens is 1. The van der Waals surface area contributed by atoms with Gasteiger partial charge in [-0.05, 0) is 50.6 Å². The van der Waals surface area contributed by atoms with Crippen molar-refractivity contribution in [1.29, 1.82) is 0 Å². The zero-order valence-electron chi connectivity index (χ0n) is 14.8. The number of ether oxygens (including phenoxy) is 1. The quantitative estimate of drug-likeness (QED) is 0.515. The number of amides is 1. The van der Waals surface area contributed by atoms with E-state index in [1.807, 2.05) is 37.4 Å². The van der Waals surface area contributed by atoms with Crippen molar-refractivity contribution in [2.24, 2.45) is 5.10 Å². The molecule has 134 valence electrons. The molecule has 3 aromatic rings. The number of para-hydroxylation sites is 1. The van der Waals surface area contributed by atoms with Crippen LogP contribution in [0.2, 0.25) is 5.02 Å². The van der Waals surface area contributed by atoms with E-state index in [0.717, 1.165) is 22.0 Å². The van der Waals surface area contributed by atoms with Crippen LogP contribution in [0.25, 0.3) is 10.9 Å². The molecular weight excluding hydrogens is 350 g/mol. The number of aryl methyl sites for hydroxylation is 1. The predicted molar refractivity (Wildman–Crippen MR) is 105 cm³/mol. The Morgan fingerprint density at radius 3 is 2.81 bits per heavy atom. The largest absolute Gasteiger partial charge is 0.478 e. The zero-order chi connectivity index (χ0) is 18.7. The summed E-state index contributed by atoms with van der Waals surface area (Å²) in [5.41, 5.74) is 4.25. The first-order valence-corrected chi connectivity index (χ1v) is 8.59. The van der Waals surface area contributed by atoms with Gasteiger partial charge in [0.05, 0.1) is 6.21 Å². The fourth-order valence-corrected chi connectivity index (χ4v) is 2.64. The Morgan fingerprint density at radius 2 is 2.04 bits per heavy atom. The number of nitrogens with zero attached hydrogens (tertiary/aromatic N) is 1. The van der Waals surface area contributed by atoms with Crippen LogP contribution in [0.3, 0.4) is 0 Å². The van der Waals surface area contributed by atoms with Crippen molar-refractivity contribution in [2.75, 3.05) is 0 Å². The second kappa shape index (κ2) is 7.22. The van der Waals surface area contributed by atoms with Crippen LogP contribution in [0.1, 0.15) is 25.0 Å². The summed E-state index contributed by atoms with van der Waals surface area (Å²) in [6.07, 6.45) is 3.46. The van der Waals surface area contributed by atoms with E-state index in [1.165, 1.54) is 0 Å². The molecule has 0 saturated carbocycles. The molecule has 0 aliphatic carbocycles. The SMILES string of the molecule is Cc1cc(OC(C)(C)C(=O)N/N=C/c2c[nH]c3ccccc23)ccc1Cl. The van der Waals surface area contributed by atoms with E-state index >= 15 is 0 Å². The molecule has 0 aliphatic rings. The van der Waals surface area contributed by atoms with Crippen LogP contribution in [0.4, 0.5) is 0 Å². The average Bonchev–Trinajstić information content (AvgIpc) is 3.01. The fraction of sp³-hybridized carbons (Fsp3) is 0.200. The summed E-state index contributed by atoms with van der Waals surface area (Å²) in [5, 5.41) is 5.75. The zero-order valence-corrected chi connectivity index (χ0v) is 15.6. The lowest BCUT2D eigenvalue weighted by molar-refractivity contribution is -0.134. The van der Waals surface area contributed by atoms with E-state index in [9.17, 15) is 4.79 Å². The van der Waals surface area contributed by atoms with Crippen LogP contribution in [-0.2, 0) is 4.79 Å². The van der Waals surface area contributed by atoms with Gasteiger partial charge in [-0.25, -0.2) is 5.43 Å². The summed E-state index contributed by atoms with van der Waals surface area (Å²) in [7, 11) is 0. The van der Waals surface area contributed by atoms with Crippen LogP contribution in [0.5, 0.6) is 5.75 Å². The van der Waals surface area contributed by atoms with Crippen molar-refractivity contribution in [3.8, 4) is 5.75 Å². The van der Waals surface area contributed by atoms with Gasteiger partial charge in [0.1, 0.15) is 5.75 Å². The molecule has 0 bridgehead atoms. The Kier molecular flexibility index (Phi) is 5.00. The molecule has 5 nitrogen and oxygen atoms in total. The maximum atomic E-state index is 12.4. The number of aromatic amines is 1. The van der Waals surface area contributed by atoms with Crippen molar-refractivity contribution >= 4 is 34.6 Å². The highest BCUT2D eigenvalue weighted by molar-refractivity contribution is 6.31. The van der Waals surface area contributed by atoms with Gasteiger partial charge in [-0.2, -0.15) is 5.10 Å². The van der Waals surface area contributed by atoms with Crippen LogP contribution >= 0.6 is 11.6 Å². The Labute approximate surface area is 157 Å². The van der Waals surface area contributed by atoms with Crippen molar-refractivity contribution in [3.05, 3.63) is 64.8 Å². The topological polar surface area (TPSA) is 66.5 Å². The lowest BCUT2D eigenvalue weighted by atomic mass is 10.1. The number of fused-ring (bicyclic) bond motifs is 1. The third-order valence-corrected chi connectivity index (χ3v) is 4.46. The Morgan fingerprint density at radius 1 is 1.27 bits per heavy atom. The molecule has 0 aliphatic heterocycles. The smallest absolute Gasteiger partial charge is 0.283 e. The number of nitrogens with one attached hydrogen (secondary N) is 2. The maximum absolute atomic E-state index is 12.4. The van der Waals surface area contributed by atoms with Gasteiger partial charge in [-0.15, -0.1) is 0 Å². The van der Waals surface area contributed by atoms with Gasteiger partial charge < -0.3 is 9.72 Å². The van der Waals surface area contributed by atoms with E-state index in [0.29, 0.717) is 10.8 Å². The molecule has 1 heterocycles. The molecule has 0 unspecified atom stereocenters. The minimum atomic E-state index is -1.09. The normalized spacial score (nSPS) is 11.8. The molecule has 6 heteroatoms. The fourth-order valence-electron chi connectivity index (χ4n) is 2.52. The molecule has 1 amide bonds. The Bertz CT molecular complexity index is 976. The van der Waals surface area contributed by atoms with E-state index in [2.05, 4.69) is 15.5 Å². The van der Waals surface area contributed by atoms with E-state index < -0.39 is 5.60 Å². The van der Waals surface area contributed by atoms with Gasteiger partial charge in [0.25, 0.3) is 5.91 Å². The van der Waals surface area contributed by atoms with Crippen LogP contribution in [0, 0.1) is 6.92 Å². The number of aromatic nitrogens is 1. The second-order valence-corrected chi connectivity index (χ2v) is 6.92. The molecule has 3 rings (SSSR count). The molecule has 0 atom stereocenters. The molecule has 26 heavy (non-hydrogen) atoms. The number of hydrogen-bond donors (Lipinski definition) is 2. The first-order valence-electron chi connectivity index (χ1n) is 8.21. The summed E-state index contributed by atoms with van der Waals surface area (Å²) in [5.74, 6) is 0.230. The molecule has 0 saturated heterocycles. The molecule has 2 N–H and O–H groups in total. The Hall–Kier alpha value is -2.79. The van der Waals surface area contributed by atoms with Gasteiger partial charge in [0.2, 0.25) is 0 Å². The highest BCUT2D eigenvalue weighted by Crippen LogP contribution is 2.24. The van der Waals surface area contributed by atoms with Crippen LogP contribution in [0.15, 0.2) is 53.8 Å². The Balaban J connectivity index is 1.67. The van der Waals surface area contributed by atoms with Crippen LogP contribution in [-0.4, -0.2) is 22.7 Å². The first-order chi connectivity index (χ1) is 12.4. The van der Waals surface area contributed by atoms with Gasteiger partial charge in [0.15, 0.2) is 5.60 Å². The van der Waals surface area contributed by atoms with E-state index in [-0.39, 0.29) is 5.91 Å². The molecule has 0 spiro atoms. The highest BCUT2D eigenvalue weighted by Gasteiger charge is 2.30. The summed E-state index contributed by atoms with van der Waals surface area (Å²) in [4.78, 5) is 15.6. The maximum Gasteiger partial charge on any atom is 0.283 e. The number of carbonyl (C=O) groups is 1. The lowest BCUT2D eigenvalue weighted by Gasteiger charge is -2.24. The summed E-state index contributed by atoms with van der Waals surface area (Å²) in [6, 6.07) is 13.2. The van der Waals surface area contributed by atoms with Gasteiger partial charge in [-0.1, -0.05) is 29.8 Å². The van der Waals surface area contributed by atoms with E-state index in [4.69, 9.17) is 16.3 Å². The molecule has 1 aromatic heterocycles. The average molecular weight is 370 g/mol. The third kappa shape index (κ3) is 3.89. The molecule has 0 fully saturated rings. The van der Waals surface area contributed by atoms with Crippen molar-refractivity contribution in [3.63, 3.8) is 0 Å². The standard InChI is InChI=1S/C20H20ClN3O2/c1-13-10-15(8-9-17(13)21)26-20(2,3)19(25)24-23-12-14-11-22-18-7-5-4-6-16(14)18/h4-12,22H,1-3H3,(H,24,25)/b23-12+. The molecule has 0 radical (unpaired) electrons. The third-order valence-electron chi connectivity index (χ3n) is 4.04. The molecular formula is C20H20ClN3O2. The first kappa shape index (κ1) is 18.0. The van der Waals surface area contributed by atoms with Gasteiger partial charge in [-0.3, -0.25) is 4.79 Å². The van der Waals surface area contributed by atoms with Crippen molar-refractivity contribution in [1.82, 2.24) is 10.4 Å². The number of halogens is 1. The molecule has 2 aromatic carbocycles. The highest BCUT2D eigenvalue weighted by atomic mass is 35.5. The number of benzene rings is 2. The van der Waals surface area contributed by atoms with Gasteiger partial charge >= 0.3 is 0 Å². The number of carbonyl (C=O) groups excluding carboxylic acids is 1. The van der Waals surface area contributed by atoms with Crippen molar-refractivity contribution < 1.29 is 9.53 Å². The van der Waals surface area contributed by atoms with Gasteiger partial charge in [0, 0.05) is 27.7 Å². The van der Waals surface area contributed by atoms with Crippen LogP contribution < -0.4 is 10.2 Å². The lowest BCUT2D eigenvalue weighted by Crippen LogP contribution is -2.44. The monoisotopic (exact) mass is 369 g/mol. The number of hydrazone groups is 1.